The minimum atomic E-state index is -1.02. The molecule has 1 aliphatic rings. The standard InChI is InChI=1S/C42H40Cl2O7/c43-35-23-36(44)34(21-33(35)22-38(45)46)39-41(49-26-31-17-9-3-10-18-31)42(50-27-32-19-11-4-12-20-32)40(48-25-30-15-7-2-8-16-30)37(51-39)28-47-24-29-13-5-1-6-14-29/h1-21,23,37,39-42H,22,24-28H2,(H,45,46)/t37-,39+,40-,41+,42+/m1/s1. The van der Waals surface area contributed by atoms with Crippen LogP contribution in [0.2, 0.25) is 10.0 Å². The fourth-order valence-electron chi connectivity index (χ4n) is 6.17. The van der Waals surface area contributed by atoms with E-state index >= 15 is 0 Å². The van der Waals surface area contributed by atoms with Crippen LogP contribution in [0.25, 0.3) is 0 Å². The maximum Gasteiger partial charge on any atom is 0.307 e. The molecule has 1 aliphatic heterocycles. The lowest BCUT2D eigenvalue weighted by molar-refractivity contribution is -0.275. The zero-order chi connectivity index (χ0) is 35.4. The molecule has 6 rings (SSSR count). The molecular formula is C42H40Cl2O7. The lowest BCUT2D eigenvalue weighted by atomic mass is 9.89. The predicted molar refractivity (Wildman–Crippen MR) is 197 cm³/mol. The lowest BCUT2D eigenvalue weighted by Gasteiger charge is -2.46. The first-order chi connectivity index (χ1) is 24.9. The highest BCUT2D eigenvalue weighted by Gasteiger charge is 2.49. The Morgan fingerprint density at radius 2 is 1.04 bits per heavy atom. The first kappa shape index (κ1) is 36.7. The summed E-state index contributed by atoms with van der Waals surface area (Å²) in [4.78, 5) is 11.8. The van der Waals surface area contributed by atoms with Crippen LogP contribution in [0.4, 0.5) is 0 Å². The second-order valence-electron chi connectivity index (χ2n) is 12.4. The van der Waals surface area contributed by atoms with Gasteiger partial charge in [0, 0.05) is 15.6 Å². The summed E-state index contributed by atoms with van der Waals surface area (Å²) < 4.78 is 33.6. The van der Waals surface area contributed by atoms with Crippen molar-refractivity contribution < 1.29 is 33.6 Å². The molecule has 5 atom stereocenters. The quantitative estimate of drug-likeness (QED) is 0.109. The van der Waals surface area contributed by atoms with E-state index < -0.39 is 36.5 Å². The largest absolute Gasteiger partial charge is 0.481 e. The van der Waals surface area contributed by atoms with Gasteiger partial charge in [-0.25, -0.2) is 0 Å². The van der Waals surface area contributed by atoms with E-state index in [0.717, 1.165) is 22.3 Å². The Labute approximate surface area is 308 Å². The zero-order valence-electron chi connectivity index (χ0n) is 28.0. The Bertz CT molecular complexity index is 1810. The van der Waals surface area contributed by atoms with Crippen molar-refractivity contribution in [2.45, 2.75) is 63.4 Å². The van der Waals surface area contributed by atoms with Crippen molar-refractivity contribution in [2.24, 2.45) is 0 Å². The second kappa shape index (κ2) is 18.4. The van der Waals surface area contributed by atoms with Gasteiger partial charge in [0.2, 0.25) is 0 Å². The molecule has 0 saturated carbocycles. The van der Waals surface area contributed by atoms with E-state index in [4.69, 9.17) is 46.9 Å². The van der Waals surface area contributed by atoms with Gasteiger partial charge >= 0.3 is 5.97 Å². The number of halogens is 2. The summed E-state index contributed by atoms with van der Waals surface area (Å²) in [5, 5.41) is 10.2. The smallest absolute Gasteiger partial charge is 0.307 e. The molecule has 7 nitrogen and oxygen atoms in total. The Morgan fingerprint density at radius 1 is 0.588 bits per heavy atom. The van der Waals surface area contributed by atoms with E-state index in [-0.39, 0.29) is 31.3 Å². The second-order valence-corrected chi connectivity index (χ2v) is 13.2. The van der Waals surface area contributed by atoms with Crippen LogP contribution >= 0.6 is 23.2 Å². The molecule has 1 saturated heterocycles. The number of hydrogen-bond donors (Lipinski definition) is 1. The fraction of sp³-hybridized carbons (Fsp3) is 0.262. The Hall–Kier alpha value is -4.05. The van der Waals surface area contributed by atoms with Gasteiger partial charge in [-0.05, 0) is 39.9 Å². The van der Waals surface area contributed by atoms with E-state index in [0.29, 0.717) is 29.4 Å². The zero-order valence-corrected chi connectivity index (χ0v) is 29.5. The number of aliphatic carboxylic acids is 1. The van der Waals surface area contributed by atoms with Crippen molar-refractivity contribution >= 4 is 29.2 Å². The van der Waals surface area contributed by atoms with E-state index in [1.54, 1.807) is 12.1 Å². The minimum Gasteiger partial charge on any atom is -0.481 e. The van der Waals surface area contributed by atoms with Gasteiger partial charge in [0.1, 0.15) is 30.5 Å². The summed E-state index contributed by atoms with van der Waals surface area (Å²) in [6.45, 7) is 1.38. The van der Waals surface area contributed by atoms with E-state index in [1.807, 2.05) is 121 Å². The van der Waals surface area contributed by atoms with Crippen LogP contribution < -0.4 is 0 Å². The summed E-state index contributed by atoms with van der Waals surface area (Å²) in [6.07, 6.45) is -3.76. The van der Waals surface area contributed by atoms with E-state index in [9.17, 15) is 9.90 Å². The summed E-state index contributed by atoms with van der Waals surface area (Å²) in [7, 11) is 0. The maximum absolute atomic E-state index is 11.8. The number of carboxylic acids is 1. The molecule has 0 aliphatic carbocycles. The van der Waals surface area contributed by atoms with Gasteiger partial charge in [0.25, 0.3) is 0 Å². The lowest BCUT2D eigenvalue weighted by Crippen LogP contribution is -2.58. The third-order valence-corrected chi connectivity index (χ3v) is 9.38. The first-order valence-electron chi connectivity index (χ1n) is 16.9. The normalized spacial score (nSPS) is 20.2. The molecule has 1 heterocycles. The van der Waals surface area contributed by atoms with Crippen molar-refractivity contribution in [2.75, 3.05) is 6.61 Å². The van der Waals surface area contributed by atoms with Gasteiger partial charge in [0.05, 0.1) is 39.5 Å². The number of benzene rings is 5. The van der Waals surface area contributed by atoms with E-state index in [2.05, 4.69) is 0 Å². The third kappa shape index (κ3) is 10.3. The summed E-state index contributed by atoms with van der Waals surface area (Å²) >= 11 is 13.4. The SMILES string of the molecule is O=C(O)Cc1cc([C@@H]2O[C@H](COCc3ccccc3)[C@@H](OCc3ccccc3)[C@H](OCc3ccccc3)[C@H]2OCc2ccccc2)c(Cl)cc1Cl. The number of hydrogen-bond acceptors (Lipinski definition) is 6. The highest BCUT2D eigenvalue weighted by molar-refractivity contribution is 6.35. The Balaban J connectivity index is 1.40. The van der Waals surface area contributed by atoms with Crippen molar-refractivity contribution in [1.29, 1.82) is 0 Å². The predicted octanol–water partition coefficient (Wildman–Crippen LogP) is 9.03. The van der Waals surface area contributed by atoms with Gasteiger partial charge in [0.15, 0.2) is 0 Å². The average molecular weight is 728 g/mol. The van der Waals surface area contributed by atoms with Gasteiger partial charge < -0.3 is 28.8 Å². The molecule has 0 aromatic heterocycles. The topological polar surface area (TPSA) is 83.5 Å². The van der Waals surface area contributed by atoms with Crippen LogP contribution in [0.1, 0.15) is 39.5 Å². The van der Waals surface area contributed by atoms with Crippen LogP contribution in [0, 0.1) is 0 Å². The molecule has 264 valence electrons. The van der Waals surface area contributed by atoms with Crippen molar-refractivity contribution in [3.63, 3.8) is 0 Å². The van der Waals surface area contributed by atoms with Crippen LogP contribution in [0.15, 0.2) is 133 Å². The van der Waals surface area contributed by atoms with Crippen LogP contribution in [-0.4, -0.2) is 42.1 Å². The van der Waals surface area contributed by atoms with Crippen LogP contribution in [-0.2, 0) is 61.3 Å². The Kier molecular flexibility index (Phi) is 13.3. The highest BCUT2D eigenvalue weighted by atomic mass is 35.5. The summed E-state index contributed by atoms with van der Waals surface area (Å²) in [5.41, 5.74) is 4.90. The number of carbonyl (C=O) groups is 1. The molecule has 0 amide bonds. The molecule has 5 aromatic rings. The molecule has 1 N–H and O–H groups in total. The molecule has 0 radical (unpaired) electrons. The maximum atomic E-state index is 11.8. The molecule has 0 bridgehead atoms. The van der Waals surface area contributed by atoms with E-state index in [1.165, 1.54) is 0 Å². The molecule has 0 unspecified atom stereocenters. The summed E-state index contributed by atoms with van der Waals surface area (Å²) in [6, 6.07) is 42.8. The summed E-state index contributed by atoms with van der Waals surface area (Å²) in [5.74, 6) is -1.02. The monoisotopic (exact) mass is 726 g/mol. The molecule has 9 heteroatoms. The van der Waals surface area contributed by atoms with Crippen molar-refractivity contribution in [3.8, 4) is 0 Å². The number of carboxylic acid groups (broad SMARTS) is 1. The Morgan fingerprint density at radius 3 is 1.53 bits per heavy atom. The molecule has 1 fully saturated rings. The third-order valence-electron chi connectivity index (χ3n) is 8.70. The number of ether oxygens (including phenoxy) is 5. The van der Waals surface area contributed by atoms with Crippen molar-refractivity contribution in [1.82, 2.24) is 0 Å². The highest BCUT2D eigenvalue weighted by Crippen LogP contribution is 2.42. The van der Waals surface area contributed by atoms with Gasteiger partial charge in [-0.1, -0.05) is 145 Å². The first-order valence-corrected chi connectivity index (χ1v) is 17.6. The molecular weight excluding hydrogens is 687 g/mol. The molecule has 51 heavy (non-hydrogen) atoms. The van der Waals surface area contributed by atoms with Gasteiger partial charge in [-0.15, -0.1) is 0 Å². The fourth-order valence-corrected chi connectivity index (χ4v) is 6.73. The average Bonchev–Trinajstić information content (AvgIpc) is 3.15. The van der Waals surface area contributed by atoms with Crippen molar-refractivity contribution in [3.05, 3.63) is 177 Å². The molecule has 0 spiro atoms. The van der Waals surface area contributed by atoms with Gasteiger partial charge in [-0.2, -0.15) is 0 Å². The number of rotatable bonds is 16. The van der Waals surface area contributed by atoms with Crippen LogP contribution in [0.5, 0.6) is 0 Å². The minimum absolute atomic E-state index is 0.175. The van der Waals surface area contributed by atoms with Crippen LogP contribution in [0.3, 0.4) is 0 Å². The van der Waals surface area contributed by atoms with Gasteiger partial charge in [-0.3, -0.25) is 4.79 Å². The molecule has 5 aromatic carbocycles.